The molecule has 2 atom stereocenters. The number of carboxylic acids is 2. The van der Waals surface area contributed by atoms with Crippen molar-refractivity contribution in [3.63, 3.8) is 0 Å². The summed E-state index contributed by atoms with van der Waals surface area (Å²) in [6.07, 6.45) is 6.77. The van der Waals surface area contributed by atoms with E-state index in [0.29, 0.717) is 19.1 Å². The van der Waals surface area contributed by atoms with E-state index in [9.17, 15) is 24.0 Å². The van der Waals surface area contributed by atoms with Crippen molar-refractivity contribution in [3.8, 4) is 0 Å². The third kappa shape index (κ3) is 6.34. The summed E-state index contributed by atoms with van der Waals surface area (Å²) in [5.74, 6) is -1.79. The highest BCUT2D eigenvalue weighted by Crippen LogP contribution is 2.50. The number of rotatable bonds is 5. The quantitative estimate of drug-likeness (QED) is 0.366. The number of hydrogen-bond acceptors (Lipinski definition) is 6. The van der Waals surface area contributed by atoms with Crippen molar-refractivity contribution >= 4 is 47.8 Å². The summed E-state index contributed by atoms with van der Waals surface area (Å²) < 4.78 is -0.358. The zero-order valence-electron chi connectivity index (χ0n) is 20.0. The maximum Gasteiger partial charge on any atom is 0.327 e. The van der Waals surface area contributed by atoms with Crippen LogP contribution in [0.15, 0.2) is 24.3 Å². The van der Waals surface area contributed by atoms with Gasteiger partial charge in [-0.05, 0) is 57.7 Å². The minimum absolute atomic E-state index is 0.0320. The van der Waals surface area contributed by atoms with E-state index >= 15 is 0 Å². The summed E-state index contributed by atoms with van der Waals surface area (Å²) in [6.45, 7) is 8.08. The summed E-state index contributed by atoms with van der Waals surface area (Å²) >= 11 is 1.58. The first-order valence-corrected chi connectivity index (χ1v) is 11.8. The molecule has 184 valence electrons. The Hall–Kier alpha value is -2.94. The van der Waals surface area contributed by atoms with Crippen LogP contribution in [0.1, 0.15) is 57.7 Å². The average Bonchev–Trinajstić information content (AvgIpc) is 3.27. The number of fused-ring (bicyclic) bond motifs is 2. The minimum atomic E-state index is -1.22. The third-order valence-electron chi connectivity index (χ3n) is 5.70. The number of allylic oxidation sites excluding steroid dienone is 1. The van der Waals surface area contributed by atoms with E-state index in [0.717, 1.165) is 12.0 Å². The van der Waals surface area contributed by atoms with E-state index in [2.05, 4.69) is 24.3 Å². The van der Waals surface area contributed by atoms with Crippen LogP contribution in [-0.2, 0) is 36.8 Å². The van der Waals surface area contributed by atoms with E-state index in [1.54, 1.807) is 18.7 Å². The fourth-order valence-electron chi connectivity index (χ4n) is 3.74. The number of carbonyl (C=O) groups excluding carboxylic acids is 3. The minimum Gasteiger partial charge on any atom is -0.481 e. The van der Waals surface area contributed by atoms with Gasteiger partial charge < -0.3 is 19.9 Å². The second kappa shape index (κ2) is 10.5. The molecule has 2 aliphatic heterocycles. The number of aldehydes is 1. The Labute approximate surface area is 203 Å². The lowest BCUT2D eigenvalue weighted by Crippen LogP contribution is -2.56. The summed E-state index contributed by atoms with van der Waals surface area (Å²) in [5, 5.41) is 17.3. The van der Waals surface area contributed by atoms with Crippen molar-refractivity contribution in [1.82, 2.24) is 4.90 Å². The summed E-state index contributed by atoms with van der Waals surface area (Å²) in [7, 11) is 0. The van der Waals surface area contributed by atoms with Crippen LogP contribution in [0.4, 0.5) is 0 Å². The predicted octanol–water partition coefficient (Wildman–Crippen LogP) is 3.21. The van der Waals surface area contributed by atoms with Crippen LogP contribution in [-0.4, -0.2) is 61.2 Å². The van der Waals surface area contributed by atoms with Crippen molar-refractivity contribution in [2.75, 3.05) is 0 Å². The molecule has 1 aliphatic carbocycles. The average molecular weight is 490 g/mol. The molecule has 2 fully saturated rings. The van der Waals surface area contributed by atoms with Crippen molar-refractivity contribution in [2.45, 2.75) is 70.0 Å². The Morgan fingerprint density at radius 3 is 2.32 bits per heavy atom. The topological polar surface area (TPSA) is 129 Å². The van der Waals surface area contributed by atoms with Gasteiger partial charge in [-0.1, -0.05) is 30.4 Å². The Kier molecular flexibility index (Phi) is 8.47. The van der Waals surface area contributed by atoms with Crippen LogP contribution >= 0.6 is 11.8 Å². The number of benzene rings is 1. The largest absolute Gasteiger partial charge is 0.481 e. The van der Waals surface area contributed by atoms with Crippen LogP contribution < -0.4 is 0 Å². The second-order valence-corrected chi connectivity index (χ2v) is 11.4. The molecule has 0 saturated carbocycles. The van der Waals surface area contributed by atoms with Crippen molar-refractivity contribution in [3.05, 3.63) is 41.0 Å². The van der Waals surface area contributed by atoms with Gasteiger partial charge in [-0.25, -0.2) is 4.79 Å². The molecule has 2 heterocycles. The van der Waals surface area contributed by atoms with E-state index < -0.39 is 23.4 Å². The van der Waals surface area contributed by atoms with Gasteiger partial charge in [0.2, 0.25) is 5.91 Å². The number of β-lactam (4-membered cyclic amide) rings is 1. The lowest BCUT2D eigenvalue weighted by atomic mass is 9.97. The number of aliphatic carboxylic acids is 2. The highest BCUT2D eigenvalue weighted by atomic mass is 32.2. The third-order valence-corrected chi connectivity index (χ3v) is 7.20. The SMILES string of the molecule is CC(=O)Cc1ccc2c(c1)CC=C2.CC(C)(C=O)C(=O)O.CC1(C)S[C@@H]2CC(=O)N2[C@H]1C(=O)O. The van der Waals surface area contributed by atoms with Crippen LogP contribution in [0.25, 0.3) is 6.08 Å². The Morgan fingerprint density at radius 1 is 1.24 bits per heavy atom. The zero-order chi connectivity index (χ0) is 25.8. The van der Waals surface area contributed by atoms with Crippen LogP contribution in [0.3, 0.4) is 0 Å². The van der Waals surface area contributed by atoms with Gasteiger partial charge in [-0.2, -0.15) is 0 Å². The van der Waals surface area contributed by atoms with Gasteiger partial charge in [0.1, 0.15) is 23.5 Å². The summed E-state index contributed by atoms with van der Waals surface area (Å²) in [5.41, 5.74) is 2.56. The molecule has 8 nitrogen and oxygen atoms in total. The molecule has 0 unspecified atom stereocenters. The Morgan fingerprint density at radius 2 is 1.88 bits per heavy atom. The number of carbonyl (C=O) groups is 5. The van der Waals surface area contributed by atoms with Gasteiger partial charge in [0.15, 0.2) is 0 Å². The lowest BCUT2D eigenvalue weighted by Gasteiger charge is -2.36. The first-order chi connectivity index (χ1) is 15.7. The summed E-state index contributed by atoms with van der Waals surface area (Å²) in [6, 6.07) is 5.62. The molecule has 2 N–H and O–H groups in total. The number of Topliss-reactive ketones (excluding diaryl/α,β-unsaturated/α-hetero) is 1. The van der Waals surface area contributed by atoms with Gasteiger partial charge in [0.05, 0.1) is 11.8 Å². The Balaban J connectivity index is 0.000000187. The van der Waals surface area contributed by atoms with Crippen LogP contribution in [0.5, 0.6) is 0 Å². The molecule has 1 amide bonds. The number of ketones is 1. The second-order valence-electron chi connectivity index (χ2n) is 9.59. The first-order valence-electron chi connectivity index (χ1n) is 10.9. The zero-order valence-corrected chi connectivity index (χ0v) is 20.8. The molecule has 0 bridgehead atoms. The predicted molar refractivity (Wildman–Crippen MR) is 129 cm³/mol. The molecule has 0 aromatic heterocycles. The lowest BCUT2D eigenvalue weighted by molar-refractivity contribution is -0.157. The van der Waals surface area contributed by atoms with Gasteiger partial charge in [0, 0.05) is 11.2 Å². The van der Waals surface area contributed by atoms with Crippen molar-refractivity contribution in [2.24, 2.45) is 5.41 Å². The van der Waals surface area contributed by atoms with Crippen molar-refractivity contribution in [1.29, 1.82) is 0 Å². The Bertz CT molecular complexity index is 1030. The number of amides is 1. The molecule has 3 aliphatic rings. The number of nitrogens with zero attached hydrogens (tertiary/aromatic N) is 1. The van der Waals surface area contributed by atoms with Gasteiger partial charge >= 0.3 is 11.9 Å². The number of hydrogen-bond donors (Lipinski definition) is 2. The van der Waals surface area contributed by atoms with E-state index in [-0.39, 0.29) is 21.8 Å². The molecule has 1 aromatic rings. The normalized spacial score (nSPS) is 21.1. The molecule has 4 rings (SSSR count). The number of thioether (sulfide) groups is 1. The molecule has 0 spiro atoms. The number of carboxylic acid groups (broad SMARTS) is 2. The van der Waals surface area contributed by atoms with E-state index in [1.807, 2.05) is 19.9 Å². The maximum absolute atomic E-state index is 11.2. The molecule has 0 radical (unpaired) electrons. The fourth-order valence-corrected chi connectivity index (χ4v) is 5.36. The van der Waals surface area contributed by atoms with Gasteiger partial charge in [-0.15, -0.1) is 11.8 Å². The molecular weight excluding hydrogens is 458 g/mol. The molecule has 9 heteroatoms. The van der Waals surface area contributed by atoms with Gasteiger partial charge in [0.25, 0.3) is 0 Å². The molecule has 2 saturated heterocycles. The van der Waals surface area contributed by atoms with Crippen LogP contribution in [0, 0.1) is 5.41 Å². The fraction of sp³-hybridized carbons (Fsp3) is 0.480. The first kappa shape index (κ1) is 27.3. The highest BCUT2D eigenvalue weighted by molar-refractivity contribution is 8.01. The highest BCUT2D eigenvalue weighted by Gasteiger charge is 2.58. The monoisotopic (exact) mass is 489 g/mol. The van der Waals surface area contributed by atoms with Gasteiger partial charge in [-0.3, -0.25) is 14.4 Å². The molecule has 34 heavy (non-hydrogen) atoms. The molecule has 1 aromatic carbocycles. The van der Waals surface area contributed by atoms with Crippen LogP contribution in [0.2, 0.25) is 0 Å². The van der Waals surface area contributed by atoms with E-state index in [1.165, 1.54) is 29.9 Å². The standard InChI is InChI=1S/C12H12O.C8H11NO3S.C5H8O3/c1-9(13)7-10-5-6-11-3-2-4-12(11)8-10;1-8(2)6(7(11)12)9-4(10)3-5(9)13-8;1-5(2,3-6)4(7)8/h2-3,5-6,8H,4,7H2,1H3;5-6H,3H2,1-2H3,(H,11,12);3H,1-2H3,(H,7,8)/t;5-,6+;/m.1./s1. The van der Waals surface area contributed by atoms with E-state index in [4.69, 9.17) is 10.2 Å². The molecular formula is C25H31NO7S. The smallest absolute Gasteiger partial charge is 0.327 e. The maximum atomic E-state index is 11.2. The summed E-state index contributed by atoms with van der Waals surface area (Å²) in [4.78, 5) is 54.4. The van der Waals surface area contributed by atoms with Crippen molar-refractivity contribution < 1.29 is 34.2 Å².